The summed E-state index contributed by atoms with van der Waals surface area (Å²) in [4.78, 5) is 16.1. The predicted octanol–water partition coefficient (Wildman–Crippen LogP) is 2.62. The maximum Gasteiger partial charge on any atom is 0.365 e. The van der Waals surface area contributed by atoms with E-state index < -0.39 is 5.97 Å². The molecule has 0 aliphatic rings. The van der Waals surface area contributed by atoms with E-state index in [4.69, 9.17) is 5.11 Å². The van der Waals surface area contributed by atoms with Gasteiger partial charge in [-0.05, 0) is 24.8 Å². The van der Waals surface area contributed by atoms with E-state index in [1.807, 2.05) is 6.07 Å². The molecule has 0 radical (unpaired) electrons. The molecule has 2 aromatic rings. The smallest absolute Gasteiger partial charge is 0.365 e. The molecular formula is C12H14N2O2S2. The van der Waals surface area contributed by atoms with Gasteiger partial charge in [-0.2, -0.15) is 0 Å². The summed E-state index contributed by atoms with van der Waals surface area (Å²) < 4.78 is 0. The molecule has 0 saturated carbocycles. The summed E-state index contributed by atoms with van der Waals surface area (Å²) in [6, 6.07) is 4.51. The molecule has 18 heavy (non-hydrogen) atoms. The number of carboxylic acids is 1. The van der Waals surface area contributed by atoms with Crippen LogP contribution in [0.15, 0.2) is 22.9 Å². The fourth-order valence-corrected chi connectivity index (χ4v) is 3.06. The number of thiazole rings is 1. The number of aromatic carboxylic acids is 1. The van der Waals surface area contributed by atoms with Gasteiger partial charge in [-0.1, -0.05) is 6.07 Å². The van der Waals surface area contributed by atoms with Crippen LogP contribution in [-0.4, -0.2) is 22.1 Å². The van der Waals surface area contributed by atoms with Gasteiger partial charge in [-0.15, -0.1) is 22.7 Å². The monoisotopic (exact) mass is 282 g/mol. The number of nitrogens with zero attached hydrogens (tertiary/aromatic N) is 1. The van der Waals surface area contributed by atoms with Gasteiger partial charge in [0.1, 0.15) is 0 Å². The molecule has 0 saturated heterocycles. The van der Waals surface area contributed by atoms with Crippen molar-refractivity contribution in [1.29, 1.82) is 0 Å². The highest BCUT2D eigenvalue weighted by Crippen LogP contribution is 2.12. The summed E-state index contributed by atoms with van der Waals surface area (Å²) in [6.45, 7) is 2.72. The minimum atomic E-state index is -0.960. The Kier molecular flexibility index (Phi) is 4.46. The lowest BCUT2D eigenvalue weighted by Gasteiger charge is -2.11. The molecule has 0 amide bonds. The van der Waals surface area contributed by atoms with E-state index in [1.54, 1.807) is 16.7 Å². The van der Waals surface area contributed by atoms with Gasteiger partial charge in [0.05, 0.1) is 5.69 Å². The first-order valence-electron chi connectivity index (χ1n) is 5.58. The third kappa shape index (κ3) is 3.63. The van der Waals surface area contributed by atoms with E-state index in [9.17, 15) is 4.79 Å². The minimum Gasteiger partial charge on any atom is -0.476 e. The molecule has 0 spiro atoms. The number of hydrogen-bond acceptors (Lipinski definition) is 5. The Bertz CT molecular complexity index is 508. The number of thiophene rings is 1. The molecule has 0 bridgehead atoms. The molecule has 1 atom stereocenters. The lowest BCUT2D eigenvalue weighted by atomic mass is 10.2. The second kappa shape index (κ2) is 6.08. The van der Waals surface area contributed by atoms with Gasteiger partial charge < -0.3 is 10.4 Å². The zero-order valence-corrected chi connectivity index (χ0v) is 11.6. The molecule has 2 N–H and O–H groups in total. The number of carbonyl (C=O) groups is 1. The van der Waals surface area contributed by atoms with E-state index in [0.717, 1.165) is 12.1 Å². The second-order valence-electron chi connectivity index (χ2n) is 4.01. The van der Waals surface area contributed by atoms with Crippen molar-refractivity contribution in [2.45, 2.75) is 25.9 Å². The van der Waals surface area contributed by atoms with Crippen LogP contribution in [0.5, 0.6) is 0 Å². The maximum atomic E-state index is 10.7. The molecule has 2 aromatic heterocycles. The highest BCUT2D eigenvalue weighted by Gasteiger charge is 2.10. The van der Waals surface area contributed by atoms with E-state index in [2.05, 4.69) is 28.7 Å². The Balaban J connectivity index is 1.81. The van der Waals surface area contributed by atoms with Crippen molar-refractivity contribution in [1.82, 2.24) is 10.3 Å². The lowest BCUT2D eigenvalue weighted by molar-refractivity contribution is 0.0696. The predicted molar refractivity (Wildman–Crippen MR) is 73.4 cm³/mol. The van der Waals surface area contributed by atoms with Crippen molar-refractivity contribution in [3.63, 3.8) is 0 Å². The van der Waals surface area contributed by atoms with E-state index in [1.165, 1.54) is 16.2 Å². The van der Waals surface area contributed by atoms with Crippen molar-refractivity contribution in [3.05, 3.63) is 38.5 Å². The van der Waals surface area contributed by atoms with Crippen molar-refractivity contribution >= 4 is 28.6 Å². The SMILES string of the molecule is CC(Cc1cccs1)NCc1csc(C(=O)O)n1. The van der Waals surface area contributed by atoms with Gasteiger partial charge in [0.15, 0.2) is 0 Å². The molecule has 1 unspecified atom stereocenters. The quantitative estimate of drug-likeness (QED) is 0.855. The molecular weight excluding hydrogens is 268 g/mol. The third-order valence-electron chi connectivity index (χ3n) is 2.45. The summed E-state index contributed by atoms with van der Waals surface area (Å²) in [6.07, 6.45) is 0.980. The molecule has 2 rings (SSSR count). The van der Waals surface area contributed by atoms with Crippen LogP contribution in [0.2, 0.25) is 0 Å². The van der Waals surface area contributed by atoms with Crippen LogP contribution < -0.4 is 5.32 Å². The fourth-order valence-electron chi connectivity index (χ4n) is 1.57. The highest BCUT2D eigenvalue weighted by atomic mass is 32.1. The van der Waals surface area contributed by atoms with Gasteiger partial charge >= 0.3 is 5.97 Å². The largest absolute Gasteiger partial charge is 0.476 e. The normalized spacial score (nSPS) is 12.5. The fraction of sp³-hybridized carbons (Fsp3) is 0.333. The topological polar surface area (TPSA) is 62.2 Å². The number of aromatic nitrogens is 1. The van der Waals surface area contributed by atoms with Crippen molar-refractivity contribution in [3.8, 4) is 0 Å². The van der Waals surface area contributed by atoms with Crippen LogP contribution in [0, 0.1) is 0 Å². The van der Waals surface area contributed by atoms with E-state index in [0.29, 0.717) is 12.6 Å². The first-order valence-corrected chi connectivity index (χ1v) is 7.34. The Labute approximate surface area is 113 Å². The minimum absolute atomic E-state index is 0.151. The van der Waals surface area contributed by atoms with Crippen LogP contribution >= 0.6 is 22.7 Å². The van der Waals surface area contributed by atoms with Crippen LogP contribution in [0.1, 0.15) is 27.3 Å². The summed E-state index contributed by atoms with van der Waals surface area (Å²) in [5.74, 6) is -0.960. The molecule has 4 nitrogen and oxygen atoms in total. The number of nitrogens with one attached hydrogen (secondary N) is 1. The van der Waals surface area contributed by atoms with Crippen LogP contribution in [0.4, 0.5) is 0 Å². The van der Waals surface area contributed by atoms with E-state index in [-0.39, 0.29) is 5.01 Å². The summed E-state index contributed by atoms with van der Waals surface area (Å²) >= 11 is 2.92. The third-order valence-corrected chi connectivity index (χ3v) is 4.23. The van der Waals surface area contributed by atoms with Crippen molar-refractivity contribution < 1.29 is 9.90 Å². The standard InChI is InChI=1S/C12H14N2O2S2/c1-8(5-10-3-2-4-17-10)13-6-9-7-18-11(14-9)12(15)16/h2-4,7-8,13H,5-6H2,1H3,(H,15,16). The van der Waals surface area contributed by atoms with Gasteiger partial charge in [0.25, 0.3) is 0 Å². The van der Waals surface area contributed by atoms with Crippen LogP contribution in [-0.2, 0) is 13.0 Å². The number of hydrogen-bond donors (Lipinski definition) is 2. The molecule has 0 aromatic carbocycles. The average Bonchev–Trinajstić information content (AvgIpc) is 2.96. The maximum absolute atomic E-state index is 10.7. The highest BCUT2D eigenvalue weighted by molar-refractivity contribution is 7.11. The Morgan fingerprint density at radius 3 is 3.00 bits per heavy atom. The Morgan fingerprint density at radius 2 is 2.39 bits per heavy atom. The molecule has 0 aliphatic carbocycles. The summed E-state index contributed by atoms with van der Waals surface area (Å²) in [7, 11) is 0. The molecule has 96 valence electrons. The van der Waals surface area contributed by atoms with Gasteiger partial charge in [-0.3, -0.25) is 0 Å². The Morgan fingerprint density at radius 1 is 1.56 bits per heavy atom. The van der Waals surface area contributed by atoms with Gasteiger partial charge in [0, 0.05) is 22.8 Å². The molecule has 0 aliphatic heterocycles. The number of rotatable bonds is 6. The van der Waals surface area contributed by atoms with Gasteiger partial charge in [0.2, 0.25) is 5.01 Å². The first-order chi connectivity index (χ1) is 8.65. The second-order valence-corrected chi connectivity index (χ2v) is 5.90. The van der Waals surface area contributed by atoms with Crippen LogP contribution in [0.25, 0.3) is 0 Å². The molecule has 0 fully saturated rings. The molecule has 6 heteroatoms. The van der Waals surface area contributed by atoms with E-state index >= 15 is 0 Å². The zero-order valence-electron chi connectivity index (χ0n) is 9.92. The molecule has 2 heterocycles. The van der Waals surface area contributed by atoms with Gasteiger partial charge in [-0.25, -0.2) is 9.78 Å². The van der Waals surface area contributed by atoms with Crippen LogP contribution in [0.3, 0.4) is 0 Å². The number of carboxylic acid groups (broad SMARTS) is 1. The Hall–Kier alpha value is -1.24. The summed E-state index contributed by atoms with van der Waals surface area (Å²) in [5.41, 5.74) is 0.787. The summed E-state index contributed by atoms with van der Waals surface area (Å²) in [5, 5.41) is 16.1. The van der Waals surface area contributed by atoms with Crippen molar-refractivity contribution in [2.75, 3.05) is 0 Å². The van der Waals surface area contributed by atoms with Crippen molar-refractivity contribution in [2.24, 2.45) is 0 Å². The zero-order chi connectivity index (χ0) is 13.0. The first kappa shape index (κ1) is 13.2. The lowest BCUT2D eigenvalue weighted by Crippen LogP contribution is -2.27. The average molecular weight is 282 g/mol.